The van der Waals surface area contributed by atoms with Crippen LogP contribution in [0.4, 0.5) is 11.4 Å². The van der Waals surface area contributed by atoms with E-state index in [9.17, 15) is 9.59 Å². The molecule has 1 heterocycles. The molecule has 0 bridgehead atoms. The normalized spacial score (nSPS) is 14.9. The molecule has 0 aliphatic carbocycles. The van der Waals surface area contributed by atoms with Crippen molar-refractivity contribution in [1.82, 2.24) is 4.90 Å². The average molecular weight is 380 g/mol. The summed E-state index contributed by atoms with van der Waals surface area (Å²) < 4.78 is 0. The Morgan fingerprint density at radius 2 is 1.39 bits per heavy atom. The van der Waals surface area contributed by atoms with Crippen molar-refractivity contribution < 1.29 is 9.59 Å². The van der Waals surface area contributed by atoms with Crippen molar-refractivity contribution in [2.45, 2.75) is 32.2 Å². The van der Waals surface area contributed by atoms with E-state index in [2.05, 4.69) is 15.5 Å². The molecule has 6 heteroatoms. The molecule has 2 amide bonds. The van der Waals surface area contributed by atoms with Gasteiger partial charge in [-0.1, -0.05) is 25.0 Å². The highest BCUT2D eigenvalue weighted by molar-refractivity contribution is 6.04. The van der Waals surface area contributed by atoms with Crippen molar-refractivity contribution in [2.24, 2.45) is 5.73 Å². The number of nitrogens with zero attached hydrogens (tertiary/aromatic N) is 1. The zero-order valence-electron chi connectivity index (χ0n) is 16.1. The second kappa shape index (κ2) is 10.0. The predicted molar refractivity (Wildman–Crippen MR) is 112 cm³/mol. The van der Waals surface area contributed by atoms with E-state index in [-0.39, 0.29) is 11.8 Å². The molecule has 0 atom stereocenters. The van der Waals surface area contributed by atoms with Gasteiger partial charge in [0.1, 0.15) is 0 Å². The molecule has 148 valence electrons. The van der Waals surface area contributed by atoms with E-state index in [1.54, 1.807) is 36.4 Å². The molecule has 28 heavy (non-hydrogen) atoms. The first-order valence-corrected chi connectivity index (χ1v) is 9.87. The van der Waals surface area contributed by atoms with E-state index in [0.29, 0.717) is 24.3 Å². The van der Waals surface area contributed by atoms with Gasteiger partial charge >= 0.3 is 0 Å². The maximum absolute atomic E-state index is 12.3. The molecular formula is C22H28N4O2. The Bertz CT molecular complexity index is 779. The van der Waals surface area contributed by atoms with Gasteiger partial charge in [-0.2, -0.15) is 0 Å². The van der Waals surface area contributed by atoms with Gasteiger partial charge in [-0.25, -0.2) is 0 Å². The van der Waals surface area contributed by atoms with Crippen LogP contribution in [0, 0.1) is 0 Å². The van der Waals surface area contributed by atoms with Crippen LogP contribution in [-0.2, 0) is 11.3 Å². The van der Waals surface area contributed by atoms with Gasteiger partial charge in [-0.3, -0.25) is 14.5 Å². The van der Waals surface area contributed by atoms with Crippen molar-refractivity contribution >= 4 is 23.2 Å². The number of likely N-dealkylation sites (tertiary alicyclic amines) is 1. The standard InChI is InChI=1S/C22H28N4O2/c23-15-17-5-7-18(8-6-17)22(28)25-20-11-9-19(10-12-20)24-21(27)16-26-13-3-1-2-4-14-26/h5-12H,1-4,13-16,23H2,(H,24,27)(H,25,28). The molecule has 2 aromatic rings. The minimum Gasteiger partial charge on any atom is -0.326 e. The summed E-state index contributed by atoms with van der Waals surface area (Å²) in [5.74, 6) is -0.180. The number of hydrogen-bond acceptors (Lipinski definition) is 4. The summed E-state index contributed by atoms with van der Waals surface area (Å²) in [5, 5.41) is 5.79. The highest BCUT2D eigenvalue weighted by atomic mass is 16.2. The Morgan fingerprint density at radius 3 is 1.96 bits per heavy atom. The number of amides is 2. The van der Waals surface area contributed by atoms with Gasteiger partial charge < -0.3 is 16.4 Å². The van der Waals surface area contributed by atoms with Crippen LogP contribution in [0.2, 0.25) is 0 Å². The maximum Gasteiger partial charge on any atom is 0.255 e. The van der Waals surface area contributed by atoms with Gasteiger partial charge in [0.2, 0.25) is 5.91 Å². The lowest BCUT2D eigenvalue weighted by molar-refractivity contribution is -0.117. The van der Waals surface area contributed by atoms with E-state index >= 15 is 0 Å². The Labute approximate surface area is 166 Å². The quantitative estimate of drug-likeness (QED) is 0.718. The predicted octanol–water partition coefficient (Wildman–Crippen LogP) is 3.21. The van der Waals surface area contributed by atoms with Gasteiger partial charge in [-0.05, 0) is 67.9 Å². The number of carbonyl (C=O) groups excluding carboxylic acids is 2. The summed E-state index contributed by atoms with van der Waals surface area (Å²) in [7, 11) is 0. The van der Waals surface area contributed by atoms with Gasteiger partial charge in [-0.15, -0.1) is 0 Å². The number of anilines is 2. The lowest BCUT2D eigenvalue weighted by Gasteiger charge is -2.19. The lowest BCUT2D eigenvalue weighted by Crippen LogP contribution is -2.33. The summed E-state index contributed by atoms with van der Waals surface area (Å²) in [6.45, 7) is 2.86. The van der Waals surface area contributed by atoms with Gasteiger partial charge in [0.15, 0.2) is 0 Å². The minimum absolute atomic E-state index is 0.00122. The fraction of sp³-hybridized carbons (Fsp3) is 0.364. The summed E-state index contributed by atoms with van der Waals surface area (Å²) in [4.78, 5) is 26.8. The summed E-state index contributed by atoms with van der Waals surface area (Å²) in [5.41, 5.74) is 8.54. The molecule has 2 aromatic carbocycles. The maximum atomic E-state index is 12.3. The second-order valence-corrected chi connectivity index (χ2v) is 7.17. The van der Waals surface area contributed by atoms with Crippen LogP contribution < -0.4 is 16.4 Å². The lowest BCUT2D eigenvalue weighted by atomic mass is 10.1. The summed E-state index contributed by atoms with van der Waals surface area (Å²) in [6, 6.07) is 14.4. The number of rotatable bonds is 6. The molecule has 0 radical (unpaired) electrons. The molecule has 0 aromatic heterocycles. The van der Waals surface area contributed by atoms with E-state index in [0.717, 1.165) is 37.2 Å². The molecule has 1 aliphatic heterocycles. The molecule has 6 nitrogen and oxygen atoms in total. The molecular weight excluding hydrogens is 352 g/mol. The summed E-state index contributed by atoms with van der Waals surface area (Å²) >= 11 is 0. The average Bonchev–Trinajstić information content (AvgIpc) is 2.98. The molecule has 1 saturated heterocycles. The van der Waals surface area contributed by atoms with Crippen molar-refractivity contribution in [3.8, 4) is 0 Å². The van der Waals surface area contributed by atoms with Crippen LogP contribution in [0.25, 0.3) is 0 Å². The number of hydrogen-bond donors (Lipinski definition) is 3. The fourth-order valence-corrected chi connectivity index (χ4v) is 3.33. The smallest absolute Gasteiger partial charge is 0.255 e. The topological polar surface area (TPSA) is 87.5 Å². The molecule has 1 aliphatic rings. The molecule has 0 unspecified atom stereocenters. The molecule has 1 fully saturated rings. The largest absolute Gasteiger partial charge is 0.326 e. The highest BCUT2D eigenvalue weighted by Crippen LogP contribution is 2.16. The van der Waals surface area contributed by atoms with Crippen LogP contribution in [0.15, 0.2) is 48.5 Å². The van der Waals surface area contributed by atoms with E-state index in [1.807, 2.05) is 12.1 Å². The van der Waals surface area contributed by atoms with Crippen molar-refractivity contribution in [1.29, 1.82) is 0 Å². The first kappa shape index (κ1) is 20.0. The van der Waals surface area contributed by atoms with Crippen LogP contribution in [0.1, 0.15) is 41.6 Å². The van der Waals surface area contributed by atoms with Crippen molar-refractivity contribution in [3.63, 3.8) is 0 Å². The summed E-state index contributed by atoms with van der Waals surface area (Å²) in [6.07, 6.45) is 4.83. The Morgan fingerprint density at radius 1 is 0.821 bits per heavy atom. The van der Waals surface area contributed by atoms with Crippen LogP contribution in [0.3, 0.4) is 0 Å². The Kier molecular flexibility index (Phi) is 7.17. The van der Waals surface area contributed by atoms with Gasteiger partial charge in [0, 0.05) is 23.5 Å². The molecule has 3 rings (SSSR count). The van der Waals surface area contributed by atoms with E-state index in [4.69, 9.17) is 5.73 Å². The zero-order chi connectivity index (χ0) is 19.8. The minimum atomic E-state index is -0.179. The number of nitrogens with one attached hydrogen (secondary N) is 2. The monoisotopic (exact) mass is 380 g/mol. The third kappa shape index (κ3) is 5.90. The first-order valence-electron chi connectivity index (χ1n) is 9.87. The Hall–Kier alpha value is -2.70. The van der Waals surface area contributed by atoms with Crippen molar-refractivity contribution in [2.75, 3.05) is 30.3 Å². The van der Waals surface area contributed by atoms with Gasteiger partial charge in [0.05, 0.1) is 6.54 Å². The van der Waals surface area contributed by atoms with Crippen LogP contribution in [-0.4, -0.2) is 36.3 Å². The molecule has 4 N–H and O–H groups in total. The SMILES string of the molecule is NCc1ccc(C(=O)Nc2ccc(NC(=O)CN3CCCCCC3)cc2)cc1. The number of benzene rings is 2. The zero-order valence-corrected chi connectivity index (χ0v) is 16.1. The third-order valence-electron chi connectivity index (χ3n) is 4.94. The van der Waals surface area contributed by atoms with Crippen LogP contribution >= 0.6 is 0 Å². The Balaban J connectivity index is 1.51. The van der Waals surface area contributed by atoms with Crippen molar-refractivity contribution in [3.05, 3.63) is 59.7 Å². The molecule has 0 saturated carbocycles. The van der Waals surface area contributed by atoms with Gasteiger partial charge in [0.25, 0.3) is 5.91 Å². The number of carbonyl (C=O) groups is 2. The third-order valence-corrected chi connectivity index (χ3v) is 4.94. The van der Waals surface area contributed by atoms with Crippen LogP contribution in [0.5, 0.6) is 0 Å². The van der Waals surface area contributed by atoms with E-state index in [1.165, 1.54) is 12.8 Å². The first-order chi connectivity index (χ1) is 13.6. The van der Waals surface area contributed by atoms with E-state index < -0.39 is 0 Å². The second-order valence-electron chi connectivity index (χ2n) is 7.17. The molecule has 0 spiro atoms. The fourth-order valence-electron chi connectivity index (χ4n) is 3.33. The highest BCUT2D eigenvalue weighted by Gasteiger charge is 2.13. The number of nitrogens with two attached hydrogens (primary N) is 1.